The fourth-order valence-electron chi connectivity index (χ4n) is 3.76. The van der Waals surface area contributed by atoms with Gasteiger partial charge in [0.15, 0.2) is 5.96 Å². The molecule has 0 spiro atoms. The standard InChI is InChI=1S/C26H36N4O/c1-26(2,3)23-13-11-20(12-14-23)15-16-28-25(27-4)29-18-21-7-9-22(10-8-21)19-30-17-5-6-24(30)31/h7-14H,5-6,15-19H2,1-4H3,(H2,27,28,29). The molecule has 5 heteroatoms. The number of carbonyl (C=O) groups is 1. The van der Waals surface area contributed by atoms with Crippen molar-refractivity contribution in [2.45, 2.75) is 58.5 Å². The van der Waals surface area contributed by atoms with Crippen LogP contribution in [-0.4, -0.2) is 36.9 Å². The van der Waals surface area contributed by atoms with Gasteiger partial charge in [-0.15, -0.1) is 0 Å². The molecule has 0 aromatic heterocycles. The first-order valence-electron chi connectivity index (χ1n) is 11.2. The zero-order valence-electron chi connectivity index (χ0n) is 19.4. The summed E-state index contributed by atoms with van der Waals surface area (Å²) < 4.78 is 0. The monoisotopic (exact) mass is 420 g/mol. The Labute approximate surface area is 187 Å². The first kappa shape index (κ1) is 22.9. The van der Waals surface area contributed by atoms with Crippen molar-refractivity contribution in [3.63, 3.8) is 0 Å². The first-order chi connectivity index (χ1) is 14.8. The normalized spacial score (nSPS) is 14.8. The Bertz CT molecular complexity index is 879. The van der Waals surface area contributed by atoms with Gasteiger partial charge in [-0.2, -0.15) is 0 Å². The average molecular weight is 421 g/mol. The number of rotatable bonds is 7. The fourth-order valence-corrected chi connectivity index (χ4v) is 3.76. The van der Waals surface area contributed by atoms with E-state index in [1.807, 2.05) is 4.90 Å². The number of hydrogen-bond donors (Lipinski definition) is 2. The number of nitrogens with zero attached hydrogens (tertiary/aromatic N) is 2. The van der Waals surface area contributed by atoms with Crippen LogP contribution in [0.4, 0.5) is 0 Å². The Morgan fingerprint density at radius 2 is 1.61 bits per heavy atom. The summed E-state index contributed by atoms with van der Waals surface area (Å²) in [7, 11) is 1.80. The molecule has 5 nitrogen and oxygen atoms in total. The molecule has 2 aromatic carbocycles. The van der Waals surface area contributed by atoms with Crippen molar-refractivity contribution in [1.82, 2.24) is 15.5 Å². The van der Waals surface area contributed by atoms with Gasteiger partial charge in [-0.1, -0.05) is 69.3 Å². The van der Waals surface area contributed by atoms with Gasteiger partial charge in [0.2, 0.25) is 5.91 Å². The number of hydrogen-bond acceptors (Lipinski definition) is 2. The van der Waals surface area contributed by atoms with E-state index in [-0.39, 0.29) is 11.3 Å². The lowest BCUT2D eigenvalue weighted by molar-refractivity contribution is -0.128. The van der Waals surface area contributed by atoms with Crippen molar-refractivity contribution in [2.24, 2.45) is 4.99 Å². The van der Waals surface area contributed by atoms with Crippen LogP contribution in [0.2, 0.25) is 0 Å². The lowest BCUT2D eigenvalue weighted by Crippen LogP contribution is -2.37. The second-order valence-corrected chi connectivity index (χ2v) is 9.28. The van der Waals surface area contributed by atoms with E-state index in [2.05, 4.69) is 84.9 Å². The van der Waals surface area contributed by atoms with E-state index in [1.165, 1.54) is 22.3 Å². The summed E-state index contributed by atoms with van der Waals surface area (Å²) in [4.78, 5) is 18.0. The Morgan fingerprint density at radius 3 is 2.19 bits per heavy atom. The van der Waals surface area contributed by atoms with E-state index in [0.717, 1.165) is 31.9 Å². The van der Waals surface area contributed by atoms with Gasteiger partial charge in [0.25, 0.3) is 0 Å². The first-order valence-corrected chi connectivity index (χ1v) is 11.2. The number of aliphatic imine (C=N–C) groups is 1. The third-order valence-electron chi connectivity index (χ3n) is 5.78. The summed E-state index contributed by atoms with van der Waals surface area (Å²) in [5, 5.41) is 6.77. The molecule has 2 aromatic rings. The van der Waals surface area contributed by atoms with Crippen molar-refractivity contribution in [3.8, 4) is 0 Å². The Hall–Kier alpha value is -2.82. The molecule has 1 heterocycles. The summed E-state index contributed by atoms with van der Waals surface area (Å²) in [6, 6.07) is 17.4. The number of guanidine groups is 1. The van der Waals surface area contributed by atoms with Gasteiger partial charge in [0.1, 0.15) is 0 Å². The van der Waals surface area contributed by atoms with Crippen molar-refractivity contribution >= 4 is 11.9 Å². The topological polar surface area (TPSA) is 56.7 Å². The molecule has 3 rings (SSSR count). The van der Waals surface area contributed by atoms with Crippen molar-refractivity contribution < 1.29 is 4.79 Å². The smallest absolute Gasteiger partial charge is 0.222 e. The number of nitrogens with one attached hydrogen (secondary N) is 2. The predicted octanol–water partition coefficient (Wildman–Crippen LogP) is 4.01. The van der Waals surface area contributed by atoms with Gasteiger partial charge in [0, 0.05) is 39.6 Å². The quantitative estimate of drug-likeness (QED) is 0.526. The molecule has 0 bridgehead atoms. The molecule has 2 N–H and O–H groups in total. The minimum absolute atomic E-state index is 0.187. The Morgan fingerprint density at radius 1 is 0.968 bits per heavy atom. The summed E-state index contributed by atoms with van der Waals surface area (Å²) >= 11 is 0. The van der Waals surface area contributed by atoms with Crippen LogP contribution >= 0.6 is 0 Å². The average Bonchev–Trinajstić information content (AvgIpc) is 3.15. The van der Waals surface area contributed by atoms with Gasteiger partial charge in [0.05, 0.1) is 0 Å². The van der Waals surface area contributed by atoms with E-state index in [4.69, 9.17) is 0 Å². The van der Waals surface area contributed by atoms with Gasteiger partial charge in [-0.05, 0) is 40.5 Å². The molecule has 0 atom stereocenters. The van der Waals surface area contributed by atoms with Crippen LogP contribution in [0.25, 0.3) is 0 Å². The lowest BCUT2D eigenvalue weighted by atomic mass is 9.86. The van der Waals surface area contributed by atoms with Crippen LogP contribution in [0, 0.1) is 0 Å². The molecule has 1 amide bonds. The molecule has 1 saturated heterocycles. The number of carbonyl (C=O) groups excluding carboxylic acids is 1. The molecule has 31 heavy (non-hydrogen) atoms. The molecule has 1 aliphatic rings. The fraction of sp³-hybridized carbons (Fsp3) is 0.462. The van der Waals surface area contributed by atoms with Gasteiger partial charge >= 0.3 is 0 Å². The summed E-state index contributed by atoms with van der Waals surface area (Å²) in [6.07, 6.45) is 2.63. The molecular formula is C26H36N4O. The van der Waals surface area contributed by atoms with Crippen LogP contribution in [-0.2, 0) is 29.7 Å². The lowest BCUT2D eigenvalue weighted by Gasteiger charge is -2.19. The van der Waals surface area contributed by atoms with Crippen molar-refractivity contribution in [3.05, 3.63) is 70.8 Å². The van der Waals surface area contributed by atoms with E-state index in [1.54, 1.807) is 7.05 Å². The molecule has 0 saturated carbocycles. The van der Waals surface area contributed by atoms with Gasteiger partial charge < -0.3 is 15.5 Å². The number of amides is 1. The van der Waals surface area contributed by atoms with E-state index in [9.17, 15) is 4.79 Å². The van der Waals surface area contributed by atoms with E-state index >= 15 is 0 Å². The zero-order chi connectivity index (χ0) is 22.3. The molecular weight excluding hydrogens is 384 g/mol. The minimum atomic E-state index is 0.187. The molecule has 0 aliphatic carbocycles. The zero-order valence-corrected chi connectivity index (χ0v) is 19.4. The van der Waals surface area contributed by atoms with E-state index < -0.39 is 0 Å². The molecule has 1 fully saturated rings. The molecule has 1 aliphatic heterocycles. The molecule has 166 valence electrons. The second-order valence-electron chi connectivity index (χ2n) is 9.28. The van der Waals surface area contributed by atoms with Crippen molar-refractivity contribution in [2.75, 3.05) is 20.1 Å². The van der Waals surface area contributed by atoms with Gasteiger partial charge in [-0.25, -0.2) is 0 Å². The maximum atomic E-state index is 11.8. The summed E-state index contributed by atoms with van der Waals surface area (Å²) in [5.41, 5.74) is 5.24. The largest absolute Gasteiger partial charge is 0.356 e. The van der Waals surface area contributed by atoms with E-state index in [0.29, 0.717) is 19.5 Å². The van der Waals surface area contributed by atoms with Crippen LogP contribution in [0.5, 0.6) is 0 Å². The second kappa shape index (κ2) is 10.5. The molecule has 0 radical (unpaired) electrons. The highest BCUT2D eigenvalue weighted by atomic mass is 16.2. The van der Waals surface area contributed by atoms with Crippen LogP contribution in [0.1, 0.15) is 55.9 Å². The number of likely N-dealkylation sites (tertiary alicyclic amines) is 1. The highest BCUT2D eigenvalue weighted by Gasteiger charge is 2.19. The predicted molar refractivity (Wildman–Crippen MR) is 128 cm³/mol. The Kier molecular flexibility index (Phi) is 7.72. The Balaban J connectivity index is 1.41. The van der Waals surface area contributed by atoms with Gasteiger partial charge in [-0.3, -0.25) is 9.79 Å². The van der Waals surface area contributed by atoms with Crippen LogP contribution in [0.3, 0.4) is 0 Å². The van der Waals surface area contributed by atoms with Crippen LogP contribution in [0.15, 0.2) is 53.5 Å². The van der Waals surface area contributed by atoms with Crippen molar-refractivity contribution in [1.29, 1.82) is 0 Å². The third kappa shape index (κ3) is 6.84. The summed E-state index contributed by atoms with van der Waals surface area (Å²) in [5.74, 6) is 1.07. The third-order valence-corrected chi connectivity index (χ3v) is 5.78. The maximum absolute atomic E-state index is 11.8. The minimum Gasteiger partial charge on any atom is -0.356 e. The number of benzene rings is 2. The molecule has 0 unspecified atom stereocenters. The highest BCUT2D eigenvalue weighted by Crippen LogP contribution is 2.22. The summed E-state index contributed by atoms with van der Waals surface area (Å²) in [6.45, 7) is 9.85. The SMILES string of the molecule is CN=C(NCCc1ccc(C(C)(C)C)cc1)NCc1ccc(CN2CCCC2=O)cc1. The highest BCUT2D eigenvalue weighted by molar-refractivity contribution is 5.79. The van der Waals surface area contributed by atoms with Crippen LogP contribution < -0.4 is 10.6 Å². The maximum Gasteiger partial charge on any atom is 0.222 e.